The molecular weight excluding hydrogens is 254 g/mol. The van der Waals surface area contributed by atoms with Crippen LogP contribution >= 0.6 is 0 Å². The molecule has 114 valence electrons. The van der Waals surface area contributed by atoms with E-state index in [1.54, 1.807) is 7.11 Å². The fourth-order valence-corrected chi connectivity index (χ4v) is 1.72. The highest BCUT2D eigenvalue weighted by atomic mass is 16.5. The quantitative estimate of drug-likeness (QED) is 0.706. The monoisotopic (exact) mass is 281 g/mol. The number of rotatable bonds is 9. The van der Waals surface area contributed by atoms with Crippen molar-refractivity contribution in [2.45, 2.75) is 33.2 Å². The molecule has 0 aromatic heterocycles. The summed E-state index contributed by atoms with van der Waals surface area (Å²) in [7, 11) is 1.63. The van der Waals surface area contributed by atoms with Gasteiger partial charge in [-0.05, 0) is 37.0 Å². The van der Waals surface area contributed by atoms with E-state index >= 15 is 0 Å². The van der Waals surface area contributed by atoms with Crippen molar-refractivity contribution in [2.24, 2.45) is 11.7 Å². The number of ether oxygens (including phenoxy) is 3. The second kappa shape index (κ2) is 8.82. The van der Waals surface area contributed by atoms with E-state index < -0.39 is 0 Å². The molecule has 2 N–H and O–H groups in total. The van der Waals surface area contributed by atoms with Gasteiger partial charge >= 0.3 is 0 Å². The van der Waals surface area contributed by atoms with Crippen molar-refractivity contribution >= 4 is 0 Å². The zero-order valence-corrected chi connectivity index (χ0v) is 13.0. The Balaban J connectivity index is 2.40. The third-order valence-electron chi connectivity index (χ3n) is 3.04. The van der Waals surface area contributed by atoms with Crippen LogP contribution in [0.5, 0.6) is 11.5 Å². The maximum Gasteiger partial charge on any atom is 0.161 e. The smallest absolute Gasteiger partial charge is 0.161 e. The lowest BCUT2D eigenvalue weighted by atomic mass is 10.1. The van der Waals surface area contributed by atoms with Gasteiger partial charge in [-0.25, -0.2) is 0 Å². The first-order valence-corrected chi connectivity index (χ1v) is 7.18. The Labute approximate surface area is 122 Å². The van der Waals surface area contributed by atoms with E-state index in [4.69, 9.17) is 19.9 Å². The molecule has 0 aliphatic carbocycles. The fourth-order valence-electron chi connectivity index (χ4n) is 1.72. The fraction of sp³-hybridized carbons (Fsp3) is 0.625. The van der Waals surface area contributed by atoms with E-state index in [1.165, 1.54) is 0 Å². The summed E-state index contributed by atoms with van der Waals surface area (Å²) in [6.45, 7) is 8.20. The van der Waals surface area contributed by atoms with Gasteiger partial charge in [-0.3, -0.25) is 0 Å². The molecule has 0 aliphatic rings. The van der Waals surface area contributed by atoms with E-state index in [2.05, 4.69) is 13.8 Å². The highest BCUT2D eigenvalue weighted by Gasteiger charge is 2.08. The molecule has 20 heavy (non-hydrogen) atoms. The largest absolute Gasteiger partial charge is 0.493 e. The molecule has 0 amide bonds. The summed E-state index contributed by atoms with van der Waals surface area (Å²) in [6, 6.07) is 5.75. The van der Waals surface area contributed by atoms with Crippen LogP contribution in [-0.2, 0) is 4.74 Å². The van der Waals surface area contributed by atoms with Gasteiger partial charge in [0.25, 0.3) is 0 Å². The maximum atomic E-state index is 5.85. The standard InChI is InChI=1S/C16H27NO3/c1-12(2)7-8-19-9-10-20-15-6-5-14(13(3)17)11-16(15)18-4/h5-6,11-13H,7-10,17H2,1-4H3/t13-/m1/s1. The highest BCUT2D eigenvalue weighted by Crippen LogP contribution is 2.29. The van der Waals surface area contributed by atoms with Gasteiger partial charge in [-0.2, -0.15) is 0 Å². The first kappa shape index (κ1) is 16.8. The second-order valence-corrected chi connectivity index (χ2v) is 5.34. The molecule has 1 aromatic rings. The zero-order valence-electron chi connectivity index (χ0n) is 13.0. The molecule has 0 saturated carbocycles. The van der Waals surface area contributed by atoms with Crippen molar-refractivity contribution in [3.05, 3.63) is 23.8 Å². The molecule has 0 aliphatic heterocycles. The number of nitrogens with two attached hydrogens (primary N) is 1. The summed E-state index contributed by atoms with van der Waals surface area (Å²) in [5.74, 6) is 2.10. The van der Waals surface area contributed by atoms with Crippen LogP contribution in [0.1, 0.15) is 38.8 Å². The number of benzene rings is 1. The molecular formula is C16H27NO3. The Morgan fingerprint density at radius 1 is 1.05 bits per heavy atom. The lowest BCUT2D eigenvalue weighted by Crippen LogP contribution is -2.10. The van der Waals surface area contributed by atoms with Gasteiger partial charge in [0.05, 0.1) is 13.7 Å². The van der Waals surface area contributed by atoms with Gasteiger partial charge < -0.3 is 19.9 Å². The maximum absolute atomic E-state index is 5.85. The minimum atomic E-state index is -0.0164. The predicted molar refractivity (Wildman–Crippen MR) is 81.4 cm³/mol. The Hall–Kier alpha value is -1.26. The van der Waals surface area contributed by atoms with Crippen molar-refractivity contribution in [3.63, 3.8) is 0 Å². The molecule has 0 fully saturated rings. The van der Waals surface area contributed by atoms with E-state index in [0.29, 0.717) is 24.9 Å². The van der Waals surface area contributed by atoms with Crippen LogP contribution in [0.2, 0.25) is 0 Å². The molecule has 0 saturated heterocycles. The van der Waals surface area contributed by atoms with Crippen LogP contribution in [0.3, 0.4) is 0 Å². The van der Waals surface area contributed by atoms with Crippen molar-refractivity contribution in [1.82, 2.24) is 0 Å². The van der Waals surface area contributed by atoms with E-state index in [0.717, 1.165) is 24.3 Å². The molecule has 1 rings (SSSR count). The molecule has 0 spiro atoms. The van der Waals surface area contributed by atoms with Gasteiger partial charge in [0, 0.05) is 12.6 Å². The second-order valence-electron chi connectivity index (χ2n) is 5.34. The predicted octanol–water partition coefficient (Wildman–Crippen LogP) is 3.16. The average molecular weight is 281 g/mol. The van der Waals surface area contributed by atoms with Gasteiger partial charge in [-0.15, -0.1) is 0 Å². The van der Waals surface area contributed by atoms with Crippen LogP contribution in [0.4, 0.5) is 0 Å². The van der Waals surface area contributed by atoms with Crippen LogP contribution in [0.15, 0.2) is 18.2 Å². The number of hydrogen-bond acceptors (Lipinski definition) is 4. The van der Waals surface area contributed by atoms with Gasteiger partial charge in [0.15, 0.2) is 11.5 Å². The first-order chi connectivity index (χ1) is 9.54. The van der Waals surface area contributed by atoms with Gasteiger partial charge in [0.2, 0.25) is 0 Å². The van der Waals surface area contributed by atoms with Crippen LogP contribution in [0, 0.1) is 5.92 Å². The molecule has 1 atom stereocenters. The molecule has 1 aromatic carbocycles. The molecule has 0 bridgehead atoms. The van der Waals surface area contributed by atoms with Gasteiger partial charge in [0.1, 0.15) is 6.61 Å². The normalized spacial score (nSPS) is 12.5. The molecule has 0 unspecified atom stereocenters. The lowest BCUT2D eigenvalue weighted by molar-refractivity contribution is 0.0916. The number of hydrogen-bond donors (Lipinski definition) is 1. The summed E-state index contributed by atoms with van der Waals surface area (Å²) >= 11 is 0. The third kappa shape index (κ3) is 5.80. The Morgan fingerprint density at radius 3 is 2.40 bits per heavy atom. The van der Waals surface area contributed by atoms with Crippen molar-refractivity contribution in [2.75, 3.05) is 26.9 Å². The minimum Gasteiger partial charge on any atom is -0.493 e. The van der Waals surface area contributed by atoms with E-state index in [-0.39, 0.29) is 6.04 Å². The Bertz CT molecular complexity index is 391. The third-order valence-corrected chi connectivity index (χ3v) is 3.04. The summed E-state index contributed by atoms with van der Waals surface area (Å²) in [4.78, 5) is 0. The Kier molecular flexibility index (Phi) is 7.41. The van der Waals surface area contributed by atoms with Crippen LogP contribution in [0.25, 0.3) is 0 Å². The van der Waals surface area contributed by atoms with Crippen molar-refractivity contribution in [3.8, 4) is 11.5 Å². The van der Waals surface area contributed by atoms with E-state index in [9.17, 15) is 0 Å². The van der Waals surface area contributed by atoms with Crippen molar-refractivity contribution < 1.29 is 14.2 Å². The van der Waals surface area contributed by atoms with Gasteiger partial charge in [-0.1, -0.05) is 19.9 Å². The number of methoxy groups -OCH3 is 1. The lowest BCUT2D eigenvalue weighted by Gasteiger charge is -2.14. The highest BCUT2D eigenvalue weighted by molar-refractivity contribution is 5.43. The summed E-state index contributed by atoms with van der Waals surface area (Å²) < 4.78 is 16.5. The summed E-state index contributed by atoms with van der Waals surface area (Å²) in [5, 5.41) is 0. The van der Waals surface area contributed by atoms with E-state index in [1.807, 2.05) is 25.1 Å². The molecule has 4 heteroatoms. The molecule has 4 nitrogen and oxygen atoms in total. The zero-order chi connectivity index (χ0) is 15.0. The SMILES string of the molecule is COc1cc([C@@H](C)N)ccc1OCCOCCC(C)C. The summed E-state index contributed by atoms with van der Waals surface area (Å²) in [5.41, 5.74) is 6.88. The van der Waals surface area contributed by atoms with Crippen LogP contribution < -0.4 is 15.2 Å². The minimum absolute atomic E-state index is 0.0164. The topological polar surface area (TPSA) is 53.7 Å². The summed E-state index contributed by atoms with van der Waals surface area (Å²) in [6.07, 6.45) is 1.08. The molecule has 0 radical (unpaired) electrons. The average Bonchev–Trinajstić information content (AvgIpc) is 2.42. The Morgan fingerprint density at radius 2 is 1.80 bits per heavy atom. The first-order valence-electron chi connectivity index (χ1n) is 7.18. The van der Waals surface area contributed by atoms with Crippen molar-refractivity contribution in [1.29, 1.82) is 0 Å². The molecule has 0 heterocycles. The van der Waals surface area contributed by atoms with Crippen LogP contribution in [-0.4, -0.2) is 26.9 Å².